The molecule has 1 aliphatic heterocycles. The van der Waals surface area contributed by atoms with E-state index in [9.17, 15) is 9.18 Å². The number of carbonyl (C=O) groups excluding carboxylic acids is 1. The highest BCUT2D eigenvalue weighted by molar-refractivity contribution is 5.95. The number of hydrogen-bond acceptors (Lipinski definition) is 4. The molecule has 1 fully saturated rings. The van der Waals surface area contributed by atoms with Gasteiger partial charge in [0.25, 0.3) is 5.91 Å². The van der Waals surface area contributed by atoms with E-state index in [0.29, 0.717) is 25.7 Å². The molecule has 2 heterocycles. The van der Waals surface area contributed by atoms with Crippen LogP contribution in [0.3, 0.4) is 0 Å². The molecule has 1 saturated heterocycles. The van der Waals surface area contributed by atoms with E-state index < -0.39 is 5.82 Å². The fourth-order valence-corrected chi connectivity index (χ4v) is 2.51. The Kier molecular flexibility index (Phi) is 5.12. The lowest BCUT2D eigenvalue weighted by molar-refractivity contribution is 0.0591. The number of nitrogens with zero attached hydrogens (tertiary/aromatic N) is 3. The summed E-state index contributed by atoms with van der Waals surface area (Å²) in [7, 11) is 0. The molecule has 116 valence electrons. The van der Waals surface area contributed by atoms with Crippen molar-refractivity contribution in [3.05, 3.63) is 23.6 Å². The van der Waals surface area contributed by atoms with Crippen LogP contribution >= 0.6 is 0 Å². The third-order valence-corrected chi connectivity index (χ3v) is 3.80. The van der Waals surface area contributed by atoms with E-state index >= 15 is 0 Å². The highest BCUT2D eigenvalue weighted by Gasteiger charge is 2.26. The first-order chi connectivity index (χ1) is 10.0. The van der Waals surface area contributed by atoms with Gasteiger partial charge in [-0.25, -0.2) is 9.37 Å². The van der Waals surface area contributed by atoms with E-state index in [4.69, 9.17) is 0 Å². The lowest BCUT2D eigenvalue weighted by Gasteiger charge is -2.37. The van der Waals surface area contributed by atoms with E-state index in [1.807, 2.05) is 6.92 Å². The van der Waals surface area contributed by atoms with Crippen LogP contribution in [0.5, 0.6) is 0 Å². The molecule has 0 unspecified atom stereocenters. The monoisotopic (exact) mass is 294 g/mol. The number of nitrogens with one attached hydrogen (secondary N) is 1. The Hall–Kier alpha value is -1.69. The van der Waals surface area contributed by atoms with Crippen LogP contribution in [-0.4, -0.2) is 59.5 Å². The minimum atomic E-state index is -0.560. The molecule has 5 nitrogen and oxygen atoms in total. The number of pyridine rings is 1. The Balaban J connectivity index is 2.09. The first-order valence-corrected chi connectivity index (χ1v) is 7.46. The van der Waals surface area contributed by atoms with Gasteiger partial charge in [0, 0.05) is 45.0 Å². The number of rotatable bonds is 4. The van der Waals surface area contributed by atoms with Gasteiger partial charge in [0.1, 0.15) is 0 Å². The molecule has 1 aromatic heterocycles. The van der Waals surface area contributed by atoms with Gasteiger partial charge in [0.05, 0.1) is 5.56 Å². The van der Waals surface area contributed by atoms with Gasteiger partial charge in [-0.2, -0.15) is 0 Å². The second-order valence-corrected chi connectivity index (χ2v) is 5.47. The molecule has 0 bridgehead atoms. The Morgan fingerprint density at radius 1 is 1.38 bits per heavy atom. The number of aromatic nitrogens is 1. The molecule has 1 amide bonds. The largest absolute Gasteiger partial charge is 0.368 e. The summed E-state index contributed by atoms with van der Waals surface area (Å²) in [6.07, 6.45) is 1.47. The summed E-state index contributed by atoms with van der Waals surface area (Å²) >= 11 is 0. The molecule has 21 heavy (non-hydrogen) atoms. The number of hydrogen-bond donors (Lipinski definition) is 1. The maximum atomic E-state index is 14.3. The van der Waals surface area contributed by atoms with E-state index in [0.717, 1.165) is 13.1 Å². The van der Waals surface area contributed by atoms with E-state index in [1.165, 1.54) is 12.3 Å². The van der Waals surface area contributed by atoms with Crippen LogP contribution in [0.4, 0.5) is 10.2 Å². The van der Waals surface area contributed by atoms with Crippen LogP contribution in [0, 0.1) is 5.82 Å². The van der Waals surface area contributed by atoms with Crippen LogP contribution in [0.15, 0.2) is 12.3 Å². The average molecular weight is 294 g/mol. The maximum Gasteiger partial charge on any atom is 0.257 e. The molecule has 0 spiro atoms. The van der Waals surface area contributed by atoms with Gasteiger partial charge < -0.3 is 10.2 Å². The molecular weight excluding hydrogens is 271 g/mol. The number of halogens is 1. The molecule has 6 heteroatoms. The Labute approximate surface area is 125 Å². The fourth-order valence-electron chi connectivity index (χ4n) is 2.51. The van der Waals surface area contributed by atoms with Crippen LogP contribution < -0.4 is 5.32 Å². The first kappa shape index (κ1) is 15.7. The normalized spacial score (nSPS) is 16.3. The third-order valence-electron chi connectivity index (χ3n) is 3.80. The smallest absolute Gasteiger partial charge is 0.257 e. The first-order valence-electron chi connectivity index (χ1n) is 7.46. The number of piperazine rings is 1. The molecule has 0 saturated carbocycles. The summed E-state index contributed by atoms with van der Waals surface area (Å²) in [5, 5.41) is 2.83. The summed E-state index contributed by atoms with van der Waals surface area (Å²) in [5.41, 5.74) is 0.0962. The van der Waals surface area contributed by atoms with Gasteiger partial charge in [-0.15, -0.1) is 0 Å². The van der Waals surface area contributed by atoms with Crippen molar-refractivity contribution in [3.8, 4) is 0 Å². The van der Waals surface area contributed by atoms with Gasteiger partial charge in [0.2, 0.25) is 0 Å². The van der Waals surface area contributed by atoms with Crippen LogP contribution in [-0.2, 0) is 0 Å². The SMILES string of the molecule is CCNc1nccc(C(=O)N2CCN(C(C)C)CC2)c1F. The summed E-state index contributed by atoms with van der Waals surface area (Å²) in [5.74, 6) is -0.669. The van der Waals surface area contributed by atoms with Gasteiger partial charge in [-0.1, -0.05) is 0 Å². The quantitative estimate of drug-likeness (QED) is 0.920. The zero-order valence-electron chi connectivity index (χ0n) is 12.9. The zero-order valence-corrected chi connectivity index (χ0v) is 12.9. The number of amides is 1. The maximum absolute atomic E-state index is 14.3. The Morgan fingerprint density at radius 2 is 2.05 bits per heavy atom. The van der Waals surface area contributed by atoms with Crippen molar-refractivity contribution >= 4 is 11.7 Å². The van der Waals surface area contributed by atoms with Crippen molar-refractivity contribution in [1.82, 2.24) is 14.8 Å². The van der Waals surface area contributed by atoms with Gasteiger partial charge >= 0.3 is 0 Å². The lowest BCUT2D eigenvalue weighted by Crippen LogP contribution is -2.50. The molecular formula is C15H23FN4O. The van der Waals surface area contributed by atoms with Crippen LogP contribution in [0.1, 0.15) is 31.1 Å². The molecule has 0 aliphatic carbocycles. The Bertz CT molecular complexity index is 498. The highest BCUT2D eigenvalue weighted by atomic mass is 19.1. The minimum Gasteiger partial charge on any atom is -0.368 e. The molecule has 0 aromatic carbocycles. The van der Waals surface area contributed by atoms with Crippen molar-refractivity contribution in [3.63, 3.8) is 0 Å². The van der Waals surface area contributed by atoms with Crippen molar-refractivity contribution in [1.29, 1.82) is 0 Å². The topological polar surface area (TPSA) is 48.5 Å². The predicted octanol–water partition coefficient (Wildman–Crippen LogP) is 1.82. The standard InChI is InChI=1S/C15H23FN4O/c1-4-17-14-13(16)12(5-6-18-14)15(21)20-9-7-19(8-10-20)11(2)3/h5-6,11H,4,7-10H2,1-3H3,(H,17,18). The van der Waals surface area contributed by atoms with Crippen molar-refractivity contribution in [2.24, 2.45) is 0 Å². The Morgan fingerprint density at radius 3 is 2.62 bits per heavy atom. The molecule has 2 rings (SSSR count). The fraction of sp³-hybridized carbons (Fsp3) is 0.600. The molecule has 1 aliphatic rings. The molecule has 0 radical (unpaired) electrons. The summed E-state index contributed by atoms with van der Waals surface area (Å²) < 4.78 is 14.3. The summed E-state index contributed by atoms with van der Waals surface area (Å²) in [4.78, 5) is 20.4. The van der Waals surface area contributed by atoms with Gasteiger partial charge in [-0.05, 0) is 26.8 Å². The van der Waals surface area contributed by atoms with Gasteiger partial charge in [-0.3, -0.25) is 9.69 Å². The lowest BCUT2D eigenvalue weighted by atomic mass is 10.2. The van der Waals surface area contributed by atoms with Crippen molar-refractivity contribution < 1.29 is 9.18 Å². The average Bonchev–Trinajstić information content (AvgIpc) is 2.49. The summed E-state index contributed by atoms with van der Waals surface area (Å²) in [6, 6.07) is 1.92. The van der Waals surface area contributed by atoms with Crippen molar-refractivity contribution in [2.75, 3.05) is 38.0 Å². The molecule has 1 N–H and O–H groups in total. The molecule has 0 atom stereocenters. The van der Waals surface area contributed by atoms with Gasteiger partial charge in [0.15, 0.2) is 11.6 Å². The number of anilines is 1. The minimum absolute atomic E-state index is 0.0962. The predicted molar refractivity (Wildman–Crippen MR) is 81.0 cm³/mol. The zero-order chi connectivity index (χ0) is 15.4. The molecule has 1 aromatic rings. The van der Waals surface area contributed by atoms with E-state index in [2.05, 4.69) is 29.0 Å². The van der Waals surface area contributed by atoms with Crippen LogP contribution in [0.2, 0.25) is 0 Å². The highest BCUT2D eigenvalue weighted by Crippen LogP contribution is 2.18. The van der Waals surface area contributed by atoms with Crippen molar-refractivity contribution in [2.45, 2.75) is 26.8 Å². The second kappa shape index (κ2) is 6.85. The van der Waals surface area contributed by atoms with E-state index in [-0.39, 0.29) is 17.3 Å². The second-order valence-electron chi connectivity index (χ2n) is 5.47. The third kappa shape index (κ3) is 3.50. The summed E-state index contributed by atoms with van der Waals surface area (Å²) in [6.45, 7) is 9.64. The van der Waals surface area contributed by atoms with E-state index in [1.54, 1.807) is 4.90 Å². The van der Waals surface area contributed by atoms with Crippen LogP contribution in [0.25, 0.3) is 0 Å². The number of carbonyl (C=O) groups is 1.